The molecule has 25 heavy (non-hydrogen) atoms. The second kappa shape index (κ2) is 9.13. The zero-order valence-corrected chi connectivity index (χ0v) is 15.4. The van der Waals surface area contributed by atoms with Crippen molar-refractivity contribution >= 4 is 29.3 Å². The molecular weight excluding hydrogens is 336 g/mol. The number of thioether (sulfide) groups is 1. The van der Waals surface area contributed by atoms with Gasteiger partial charge in [0.25, 0.3) is 0 Å². The molecule has 0 fully saturated rings. The smallest absolute Gasteiger partial charge is 0.233 e. The zero-order chi connectivity index (χ0) is 18.2. The van der Waals surface area contributed by atoms with E-state index in [1.165, 1.54) is 18.7 Å². The number of amides is 2. The van der Waals surface area contributed by atoms with Crippen molar-refractivity contribution in [2.45, 2.75) is 30.5 Å². The van der Waals surface area contributed by atoms with Crippen molar-refractivity contribution in [1.82, 2.24) is 5.32 Å². The van der Waals surface area contributed by atoms with Crippen LogP contribution in [0.4, 0.5) is 5.69 Å². The molecule has 0 aliphatic heterocycles. The van der Waals surface area contributed by atoms with Crippen LogP contribution in [-0.4, -0.2) is 24.2 Å². The highest BCUT2D eigenvalue weighted by molar-refractivity contribution is 8.00. The molecular formula is C19H22N2O3S. The van der Waals surface area contributed by atoms with Crippen LogP contribution in [0, 0.1) is 0 Å². The molecule has 0 radical (unpaired) electrons. The number of methoxy groups -OCH3 is 1. The van der Waals surface area contributed by atoms with Gasteiger partial charge in [0.1, 0.15) is 5.75 Å². The highest BCUT2D eigenvalue weighted by Gasteiger charge is 2.14. The van der Waals surface area contributed by atoms with Crippen molar-refractivity contribution in [3.8, 4) is 5.75 Å². The summed E-state index contributed by atoms with van der Waals surface area (Å²) < 4.78 is 5.18. The maximum Gasteiger partial charge on any atom is 0.233 e. The van der Waals surface area contributed by atoms with Crippen molar-refractivity contribution in [3.05, 3.63) is 54.1 Å². The van der Waals surface area contributed by atoms with E-state index in [0.717, 1.165) is 21.9 Å². The van der Waals surface area contributed by atoms with Gasteiger partial charge in [-0.25, -0.2) is 0 Å². The van der Waals surface area contributed by atoms with Gasteiger partial charge < -0.3 is 15.4 Å². The minimum absolute atomic E-state index is 0.0289. The van der Waals surface area contributed by atoms with E-state index in [1.807, 2.05) is 55.5 Å². The van der Waals surface area contributed by atoms with Crippen LogP contribution in [0.2, 0.25) is 0 Å². The second-order valence-corrected chi connectivity index (χ2v) is 6.95. The summed E-state index contributed by atoms with van der Waals surface area (Å²) in [7, 11) is 1.62. The monoisotopic (exact) mass is 358 g/mol. The number of benzene rings is 2. The first-order valence-corrected chi connectivity index (χ1v) is 8.81. The normalized spacial score (nSPS) is 11.5. The van der Waals surface area contributed by atoms with Gasteiger partial charge >= 0.3 is 0 Å². The first kappa shape index (κ1) is 18.9. The topological polar surface area (TPSA) is 67.4 Å². The van der Waals surface area contributed by atoms with Crippen LogP contribution in [0.5, 0.6) is 5.75 Å². The molecule has 2 aromatic rings. The van der Waals surface area contributed by atoms with E-state index in [4.69, 9.17) is 4.74 Å². The van der Waals surface area contributed by atoms with E-state index >= 15 is 0 Å². The van der Waals surface area contributed by atoms with Gasteiger partial charge in [-0.05, 0) is 48.9 Å². The van der Waals surface area contributed by atoms with Gasteiger partial charge in [-0.1, -0.05) is 12.1 Å². The van der Waals surface area contributed by atoms with Crippen molar-refractivity contribution in [2.24, 2.45) is 0 Å². The third-order valence-corrected chi connectivity index (χ3v) is 4.57. The highest BCUT2D eigenvalue weighted by Crippen LogP contribution is 2.25. The van der Waals surface area contributed by atoms with Crippen LogP contribution >= 0.6 is 11.8 Å². The lowest BCUT2D eigenvalue weighted by Gasteiger charge is -2.13. The van der Waals surface area contributed by atoms with Gasteiger partial charge in [-0.3, -0.25) is 9.59 Å². The zero-order valence-electron chi connectivity index (χ0n) is 14.5. The van der Waals surface area contributed by atoms with Gasteiger partial charge in [0.2, 0.25) is 11.8 Å². The largest absolute Gasteiger partial charge is 0.497 e. The number of carbonyl (C=O) groups is 2. The van der Waals surface area contributed by atoms with Crippen molar-refractivity contribution in [1.29, 1.82) is 0 Å². The SMILES string of the molecule is COc1cccc(CNC(=O)C(C)Sc2ccc(NC(C)=O)cc2)c1. The van der Waals surface area contributed by atoms with Crippen LogP contribution in [0.15, 0.2) is 53.4 Å². The third-order valence-electron chi connectivity index (χ3n) is 3.46. The number of nitrogens with one attached hydrogen (secondary N) is 2. The van der Waals surface area contributed by atoms with Crippen LogP contribution in [-0.2, 0) is 16.1 Å². The van der Waals surface area contributed by atoms with Crippen LogP contribution < -0.4 is 15.4 Å². The first-order valence-electron chi connectivity index (χ1n) is 7.93. The second-order valence-electron chi connectivity index (χ2n) is 5.53. The lowest BCUT2D eigenvalue weighted by atomic mass is 10.2. The molecule has 2 rings (SSSR count). The molecule has 5 nitrogen and oxygen atoms in total. The summed E-state index contributed by atoms with van der Waals surface area (Å²) in [5.41, 5.74) is 1.73. The minimum atomic E-state index is -0.225. The quantitative estimate of drug-likeness (QED) is 0.744. The Morgan fingerprint density at radius 1 is 1.16 bits per heavy atom. The van der Waals surface area contributed by atoms with E-state index in [2.05, 4.69) is 10.6 Å². The lowest BCUT2D eigenvalue weighted by molar-refractivity contribution is -0.120. The third kappa shape index (κ3) is 6.15. The Morgan fingerprint density at radius 2 is 1.88 bits per heavy atom. The summed E-state index contributed by atoms with van der Waals surface area (Å²) in [6.45, 7) is 3.80. The fourth-order valence-corrected chi connectivity index (χ4v) is 3.08. The molecule has 0 aromatic heterocycles. The maximum atomic E-state index is 12.3. The molecule has 2 N–H and O–H groups in total. The Morgan fingerprint density at radius 3 is 2.52 bits per heavy atom. The highest BCUT2D eigenvalue weighted by atomic mass is 32.2. The number of hydrogen-bond donors (Lipinski definition) is 2. The summed E-state index contributed by atoms with van der Waals surface area (Å²) in [6.07, 6.45) is 0. The predicted octanol–water partition coefficient (Wildman–Crippen LogP) is 3.45. The van der Waals surface area contributed by atoms with Crippen LogP contribution in [0.1, 0.15) is 19.4 Å². The molecule has 0 heterocycles. The van der Waals surface area contributed by atoms with Gasteiger partial charge in [0.15, 0.2) is 0 Å². The van der Waals surface area contributed by atoms with Crippen molar-refractivity contribution < 1.29 is 14.3 Å². The van der Waals surface area contributed by atoms with Crippen molar-refractivity contribution in [2.75, 3.05) is 12.4 Å². The fraction of sp³-hybridized carbons (Fsp3) is 0.263. The van der Waals surface area contributed by atoms with Gasteiger partial charge in [-0.2, -0.15) is 0 Å². The lowest BCUT2D eigenvalue weighted by Crippen LogP contribution is -2.30. The first-order chi connectivity index (χ1) is 12.0. The van der Waals surface area contributed by atoms with E-state index in [1.54, 1.807) is 7.11 Å². The number of ether oxygens (including phenoxy) is 1. The molecule has 132 valence electrons. The molecule has 0 saturated heterocycles. The molecule has 0 spiro atoms. The molecule has 0 aliphatic rings. The van der Waals surface area contributed by atoms with E-state index in [-0.39, 0.29) is 17.1 Å². The summed E-state index contributed by atoms with van der Waals surface area (Å²) in [5, 5.41) is 5.43. The van der Waals surface area contributed by atoms with E-state index in [9.17, 15) is 9.59 Å². The van der Waals surface area contributed by atoms with Gasteiger partial charge in [0.05, 0.1) is 12.4 Å². The standard InChI is InChI=1S/C19H22N2O3S/c1-13(25-18-9-7-16(8-10-18)21-14(2)22)19(23)20-12-15-5-4-6-17(11-15)24-3/h4-11,13H,12H2,1-3H3,(H,20,23)(H,21,22). The number of hydrogen-bond acceptors (Lipinski definition) is 4. The Bertz CT molecular complexity index is 732. The Balaban J connectivity index is 1.86. The fourth-order valence-electron chi connectivity index (χ4n) is 2.19. The average Bonchev–Trinajstić information content (AvgIpc) is 2.61. The molecule has 1 atom stereocenters. The molecule has 2 aromatic carbocycles. The summed E-state index contributed by atoms with van der Waals surface area (Å²) >= 11 is 1.47. The van der Waals surface area contributed by atoms with E-state index in [0.29, 0.717) is 6.54 Å². The molecule has 0 aliphatic carbocycles. The summed E-state index contributed by atoms with van der Waals surface area (Å²) in [6, 6.07) is 15.0. The van der Waals surface area contributed by atoms with Crippen molar-refractivity contribution in [3.63, 3.8) is 0 Å². The number of rotatable bonds is 7. The molecule has 0 saturated carbocycles. The molecule has 0 bridgehead atoms. The minimum Gasteiger partial charge on any atom is -0.497 e. The van der Waals surface area contributed by atoms with E-state index < -0.39 is 0 Å². The Labute approximate surface area is 152 Å². The predicted molar refractivity (Wildman–Crippen MR) is 101 cm³/mol. The Kier molecular flexibility index (Phi) is 6.89. The summed E-state index contributed by atoms with van der Waals surface area (Å²) in [4.78, 5) is 24.3. The van der Waals surface area contributed by atoms with Crippen LogP contribution in [0.3, 0.4) is 0 Å². The van der Waals surface area contributed by atoms with Gasteiger partial charge in [-0.15, -0.1) is 11.8 Å². The molecule has 2 amide bonds. The average molecular weight is 358 g/mol. The van der Waals surface area contributed by atoms with Gasteiger partial charge in [0, 0.05) is 24.1 Å². The number of anilines is 1. The summed E-state index contributed by atoms with van der Waals surface area (Å²) in [5.74, 6) is 0.637. The Hall–Kier alpha value is -2.47. The number of carbonyl (C=O) groups excluding carboxylic acids is 2. The maximum absolute atomic E-state index is 12.3. The van der Waals surface area contributed by atoms with Crippen LogP contribution in [0.25, 0.3) is 0 Å². The molecule has 6 heteroatoms. The molecule has 1 unspecified atom stereocenters.